The summed E-state index contributed by atoms with van der Waals surface area (Å²) in [5, 5.41) is 4.11. The molecule has 0 radical (unpaired) electrons. The SMILES string of the molecule is CCC(C)(OC)c1noc(C2CCCN(C(=O)C3CC3)C2)n1. The van der Waals surface area contributed by atoms with Crippen molar-refractivity contribution < 1.29 is 14.1 Å². The summed E-state index contributed by atoms with van der Waals surface area (Å²) in [7, 11) is 1.66. The maximum atomic E-state index is 12.2. The van der Waals surface area contributed by atoms with Crippen LogP contribution in [0.2, 0.25) is 0 Å². The van der Waals surface area contributed by atoms with Gasteiger partial charge in [0.15, 0.2) is 0 Å². The van der Waals surface area contributed by atoms with Crippen LogP contribution >= 0.6 is 0 Å². The number of aromatic nitrogens is 2. The van der Waals surface area contributed by atoms with Crippen LogP contribution in [-0.2, 0) is 15.1 Å². The molecule has 0 bridgehead atoms. The number of likely N-dealkylation sites (tertiary alicyclic amines) is 1. The van der Waals surface area contributed by atoms with E-state index in [-0.39, 0.29) is 11.8 Å². The normalized spacial score (nSPS) is 25.0. The summed E-state index contributed by atoms with van der Waals surface area (Å²) < 4.78 is 11.0. The van der Waals surface area contributed by atoms with Gasteiger partial charge in [0.05, 0.1) is 5.92 Å². The molecule has 2 fully saturated rings. The summed E-state index contributed by atoms with van der Waals surface area (Å²) >= 11 is 0. The number of hydrogen-bond donors (Lipinski definition) is 0. The molecule has 1 saturated heterocycles. The lowest BCUT2D eigenvalue weighted by Crippen LogP contribution is -2.40. The topological polar surface area (TPSA) is 68.5 Å². The third kappa shape index (κ3) is 2.89. The molecule has 1 amide bonds. The Morgan fingerprint density at radius 2 is 2.23 bits per heavy atom. The predicted molar refractivity (Wildman–Crippen MR) is 80.2 cm³/mol. The van der Waals surface area contributed by atoms with Gasteiger partial charge >= 0.3 is 0 Å². The maximum absolute atomic E-state index is 12.2. The summed E-state index contributed by atoms with van der Waals surface area (Å²) in [6.07, 6.45) is 4.86. The fraction of sp³-hybridized carbons (Fsp3) is 0.812. The Balaban J connectivity index is 1.71. The quantitative estimate of drug-likeness (QED) is 0.836. The average Bonchev–Trinajstić information content (AvgIpc) is 3.29. The number of ether oxygens (including phenoxy) is 1. The van der Waals surface area contributed by atoms with Crippen LogP contribution in [0, 0.1) is 5.92 Å². The van der Waals surface area contributed by atoms with Crippen molar-refractivity contribution in [2.75, 3.05) is 20.2 Å². The van der Waals surface area contributed by atoms with Crippen molar-refractivity contribution >= 4 is 5.91 Å². The summed E-state index contributed by atoms with van der Waals surface area (Å²) in [6, 6.07) is 0. The maximum Gasteiger partial charge on any atom is 0.231 e. The van der Waals surface area contributed by atoms with Gasteiger partial charge in [-0.15, -0.1) is 0 Å². The van der Waals surface area contributed by atoms with Crippen LogP contribution in [-0.4, -0.2) is 41.1 Å². The molecule has 2 heterocycles. The molecule has 122 valence electrons. The zero-order valence-corrected chi connectivity index (χ0v) is 13.7. The lowest BCUT2D eigenvalue weighted by molar-refractivity contribution is -0.133. The first kappa shape index (κ1) is 15.5. The fourth-order valence-corrected chi connectivity index (χ4v) is 2.98. The van der Waals surface area contributed by atoms with Crippen LogP contribution in [0.1, 0.15) is 63.6 Å². The molecular weight excluding hydrogens is 282 g/mol. The second-order valence-corrected chi connectivity index (χ2v) is 6.64. The third-order valence-corrected chi connectivity index (χ3v) is 5.05. The monoisotopic (exact) mass is 307 g/mol. The predicted octanol–water partition coefficient (Wildman–Crippen LogP) is 2.46. The van der Waals surface area contributed by atoms with Crippen molar-refractivity contribution in [2.45, 2.75) is 57.5 Å². The molecule has 1 aliphatic heterocycles. The molecule has 1 aromatic rings. The molecule has 0 N–H and O–H groups in total. The van der Waals surface area contributed by atoms with Crippen molar-refractivity contribution in [3.05, 3.63) is 11.7 Å². The standard InChI is InChI=1S/C16H25N3O3/c1-4-16(2,21-3)15-17-13(22-18-15)12-6-5-9-19(10-12)14(20)11-7-8-11/h11-12H,4-10H2,1-3H3. The van der Waals surface area contributed by atoms with Crippen LogP contribution in [0.3, 0.4) is 0 Å². The van der Waals surface area contributed by atoms with Crippen LogP contribution in [0.4, 0.5) is 0 Å². The molecule has 0 spiro atoms. The molecule has 2 atom stereocenters. The third-order valence-electron chi connectivity index (χ3n) is 5.05. The number of carbonyl (C=O) groups excluding carboxylic acids is 1. The first-order chi connectivity index (χ1) is 10.6. The molecule has 1 saturated carbocycles. The van der Waals surface area contributed by atoms with Crippen molar-refractivity contribution in [1.29, 1.82) is 0 Å². The number of piperidine rings is 1. The van der Waals surface area contributed by atoms with Crippen LogP contribution < -0.4 is 0 Å². The minimum atomic E-state index is -0.514. The number of hydrogen-bond acceptors (Lipinski definition) is 5. The highest BCUT2D eigenvalue weighted by molar-refractivity contribution is 5.81. The van der Waals surface area contributed by atoms with E-state index in [1.807, 2.05) is 18.7 Å². The van der Waals surface area contributed by atoms with Crippen molar-refractivity contribution in [3.63, 3.8) is 0 Å². The van der Waals surface area contributed by atoms with Crippen molar-refractivity contribution in [3.8, 4) is 0 Å². The second kappa shape index (κ2) is 5.99. The zero-order chi connectivity index (χ0) is 15.7. The average molecular weight is 307 g/mol. The van der Waals surface area contributed by atoms with Gasteiger partial charge in [0.1, 0.15) is 5.60 Å². The Bertz CT molecular complexity index is 534. The van der Waals surface area contributed by atoms with Gasteiger partial charge in [0.2, 0.25) is 17.6 Å². The number of carbonyl (C=O) groups is 1. The molecule has 0 aromatic carbocycles. The van der Waals surface area contributed by atoms with Crippen molar-refractivity contribution in [2.24, 2.45) is 5.92 Å². The van der Waals surface area contributed by atoms with Gasteiger partial charge in [-0.05, 0) is 39.0 Å². The van der Waals surface area contributed by atoms with Gasteiger partial charge in [-0.1, -0.05) is 12.1 Å². The van der Waals surface area contributed by atoms with E-state index in [4.69, 9.17) is 9.26 Å². The van der Waals surface area contributed by atoms with E-state index >= 15 is 0 Å². The first-order valence-electron chi connectivity index (χ1n) is 8.25. The van der Waals surface area contributed by atoms with E-state index < -0.39 is 5.60 Å². The van der Waals surface area contributed by atoms with E-state index in [1.165, 1.54) is 0 Å². The molecule has 1 aliphatic carbocycles. The van der Waals surface area contributed by atoms with Gasteiger partial charge in [-0.3, -0.25) is 4.79 Å². The highest BCUT2D eigenvalue weighted by atomic mass is 16.5. The Morgan fingerprint density at radius 3 is 2.86 bits per heavy atom. The molecule has 3 rings (SSSR count). The van der Waals surface area contributed by atoms with Gasteiger partial charge in [-0.25, -0.2) is 0 Å². The number of amides is 1. The summed E-state index contributed by atoms with van der Waals surface area (Å²) in [5.41, 5.74) is -0.514. The van der Waals surface area contributed by atoms with Gasteiger partial charge in [0, 0.05) is 26.1 Å². The molecule has 6 heteroatoms. The lowest BCUT2D eigenvalue weighted by atomic mass is 9.97. The summed E-state index contributed by atoms with van der Waals surface area (Å²) in [5.74, 6) is 1.96. The second-order valence-electron chi connectivity index (χ2n) is 6.64. The molecular formula is C16H25N3O3. The smallest absolute Gasteiger partial charge is 0.231 e. The fourth-order valence-electron chi connectivity index (χ4n) is 2.98. The molecule has 2 unspecified atom stereocenters. The van der Waals surface area contributed by atoms with Crippen LogP contribution in [0.5, 0.6) is 0 Å². The lowest BCUT2D eigenvalue weighted by Gasteiger charge is -2.31. The number of methoxy groups -OCH3 is 1. The number of rotatable bonds is 5. The molecule has 22 heavy (non-hydrogen) atoms. The molecule has 1 aromatic heterocycles. The van der Waals surface area contributed by atoms with E-state index in [0.29, 0.717) is 24.2 Å². The minimum Gasteiger partial charge on any atom is -0.370 e. The first-order valence-corrected chi connectivity index (χ1v) is 8.25. The van der Waals surface area contributed by atoms with E-state index in [2.05, 4.69) is 10.1 Å². The van der Waals surface area contributed by atoms with Crippen LogP contribution in [0.25, 0.3) is 0 Å². The Kier molecular flexibility index (Phi) is 4.21. The zero-order valence-electron chi connectivity index (χ0n) is 13.7. The van der Waals surface area contributed by atoms with Crippen molar-refractivity contribution in [1.82, 2.24) is 15.0 Å². The Morgan fingerprint density at radius 1 is 1.45 bits per heavy atom. The van der Waals surface area contributed by atoms with Gasteiger partial charge < -0.3 is 14.2 Å². The van der Waals surface area contributed by atoms with Gasteiger partial charge in [-0.2, -0.15) is 4.98 Å². The minimum absolute atomic E-state index is 0.149. The van der Waals surface area contributed by atoms with Gasteiger partial charge in [0.25, 0.3) is 0 Å². The highest BCUT2D eigenvalue weighted by Gasteiger charge is 2.37. The molecule has 2 aliphatic rings. The van der Waals surface area contributed by atoms with Crippen LogP contribution in [0.15, 0.2) is 4.52 Å². The summed E-state index contributed by atoms with van der Waals surface area (Å²) in [4.78, 5) is 18.8. The molecule has 6 nitrogen and oxygen atoms in total. The van der Waals surface area contributed by atoms with E-state index in [9.17, 15) is 4.79 Å². The van der Waals surface area contributed by atoms with E-state index in [0.717, 1.165) is 38.6 Å². The summed E-state index contributed by atoms with van der Waals surface area (Å²) in [6.45, 7) is 5.56. The Hall–Kier alpha value is -1.43. The van der Waals surface area contributed by atoms with E-state index in [1.54, 1.807) is 7.11 Å². The highest BCUT2D eigenvalue weighted by Crippen LogP contribution is 2.35. The largest absolute Gasteiger partial charge is 0.370 e. The number of nitrogens with zero attached hydrogens (tertiary/aromatic N) is 3. The Labute approximate surface area is 131 Å².